The minimum Gasteiger partial charge on any atom is -0.276 e. The van der Waals surface area contributed by atoms with Gasteiger partial charge in [-0.05, 0) is 52.2 Å². The number of hydrogen-bond donors (Lipinski definition) is 0. The maximum absolute atomic E-state index is 12.9. The SMILES string of the molecule is Cc1cc(C(=O)Cl)cc(F)c1Br. The molecule has 0 unspecified atom stereocenters. The van der Waals surface area contributed by atoms with Crippen LogP contribution < -0.4 is 0 Å². The van der Waals surface area contributed by atoms with Crippen molar-refractivity contribution in [2.45, 2.75) is 6.92 Å². The Bertz CT molecular complexity index is 315. The molecule has 12 heavy (non-hydrogen) atoms. The lowest BCUT2D eigenvalue weighted by Crippen LogP contribution is -1.93. The fourth-order valence-electron chi connectivity index (χ4n) is 0.840. The highest BCUT2D eigenvalue weighted by atomic mass is 79.9. The Morgan fingerprint density at radius 3 is 2.58 bits per heavy atom. The lowest BCUT2D eigenvalue weighted by atomic mass is 10.1. The van der Waals surface area contributed by atoms with Gasteiger partial charge >= 0.3 is 0 Å². The van der Waals surface area contributed by atoms with Crippen molar-refractivity contribution >= 4 is 32.8 Å². The van der Waals surface area contributed by atoms with Gasteiger partial charge in [-0.15, -0.1) is 0 Å². The fraction of sp³-hybridized carbons (Fsp3) is 0.125. The first-order valence-corrected chi connectivity index (χ1v) is 4.35. The van der Waals surface area contributed by atoms with Gasteiger partial charge in [0.15, 0.2) is 0 Å². The van der Waals surface area contributed by atoms with Gasteiger partial charge < -0.3 is 0 Å². The third-order valence-electron chi connectivity index (χ3n) is 1.44. The van der Waals surface area contributed by atoms with Crippen LogP contribution in [0.25, 0.3) is 0 Å². The molecule has 0 saturated heterocycles. The topological polar surface area (TPSA) is 17.1 Å². The number of aryl methyl sites for hydroxylation is 1. The van der Waals surface area contributed by atoms with Crippen molar-refractivity contribution in [2.75, 3.05) is 0 Å². The number of benzene rings is 1. The Hall–Kier alpha value is -0.410. The van der Waals surface area contributed by atoms with Crippen LogP contribution >= 0.6 is 27.5 Å². The second-order valence-electron chi connectivity index (χ2n) is 2.36. The normalized spacial score (nSPS) is 10.0. The summed E-state index contributed by atoms with van der Waals surface area (Å²) in [6, 6.07) is 2.63. The van der Waals surface area contributed by atoms with Crippen LogP contribution in [0.15, 0.2) is 16.6 Å². The van der Waals surface area contributed by atoms with Crippen LogP contribution in [0.2, 0.25) is 0 Å². The summed E-state index contributed by atoms with van der Waals surface area (Å²) in [5, 5.41) is -0.649. The first-order valence-electron chi connectivity index (χ1n) is 3.18. The van der Waals surface area contributed by atoms with Crippen molar-refractivity contribution in [2.24, 2.45) is 0 Å². The van der Waals surface area contributed by atoms with E-state index in [1.807, 2.05) is 0 Å². The summed E-state index contributed by atoms with van der Waals surface area (Å²) in [4.78, 5) is 10.6. The minimum absolute atomic E-state index is 0.176. The molecule has 1 aromatic carbocycles. The second kappa shape index (κ2) is 3.54. The molecule has 0 saturated carbocycles. The van der Waals surface area contributed by atoms with E-state index in [4.69, 9.17) is 11.6 Å². The van der Waals surface area contributed by atoms with Gasteiger partial charge in [-0.3, -0.25) is 4.79 Å². The molecule has 0 fully saturated rings. The molecule has 1 aromatic rings. The first kappa shape index (κ1) is 9.68. The highest BCUT2D eigenvalue weighted by Crippen LogP contribution is 2.22. The van der Waals surface area contributed by atoms with E-state index in [-0.39, 0.29) is 5.56 Å². The highest BCUT2D eigenvalue weighted by Gasteiger charge is 2.08. The summed E-state index contributed by atoms with van der Waals surface area (Å²) < 4.78 is 13.3. The zero-order valence-corrected chi connectivity index (χ0v) is 8.54. The Morgan fingerprint density at radius 2 is 2.17 bits per heavy atom. The average molecular weight is 251 g/mol. The Morgan fingerprint density at radius 1 is 1.58 bits per heavy atom. The van der Waals surface area contributed by atoms with Crippen molar-refractivity contribution in [1.82, 2.24) is 0 Å². The van der Waals surface area contributed by atoms with Gasteiger partial charge in [0.2, 0.25) is 0 Å². The van der Waals surface area contributed by atoms with E-state index in [2.05, 4.69) is 15.9 Å². The van der Waals surface area contributed by atoms with E-state index < -0.39 is 11.1 Å². The van der Waals surface area contributed by atoms with Crippen LogP contribution in [0.3, 0.4) is 0 Å². The van der Waals surface area contributed by atoms with Crippen molar-refractivity contribution in [3.8, 4) is 0 Å². The van der Waals surface area contributed by atoms with Crippen molar-refractivity contribution in [1.29, 1.82) is 0 Å². The summed E-state index contributed by atoms with van der Waals surface area (Å²) in [6.45, 7) is 1.69. The molecule has 0 N–H and O–H groups in total. The van der Waals surface area contributed by atoms with Crippen LogP contribution in [0.4, 0.5) is 4.39 Å². The zero-order chi connectivity index (χ0) is 9.30. The van der Waals surface area contributed by atoms with Crippen molar-refractivity contribution in [3.63, 3.8) is 0 Å². The third-order valence-corrected chi connectivity index (χ3v) is 2.66. The smallest absolute Gasteiger partial charge is 0.252 e. The van der Waals surface area contributed by atoms with Crippen LogP contribution in [0.1, 0.15) is 15.9 Å². The Kier molecular flexibility index (Phi) is 2.85. The van der Waals surface area contributed by atoms with Gasteiger partial charge in [-0.25, -0.2) is 4.39 Å². The lowest BCUT2D eigenvalue weighted by Gasteiger charge is -2.01. The maximum Gasteiger partial charge on any atom is 0.252 e. The lowest BCUT2D eigenvalue weighted by molar-refractivity contribution is 0.108. The standard InChI is InChI=1S/C8H5BrClFO/c1-4-2-5(8(10)12)3-6(11)7(4)9/h2-3H,1H3. The van der Waals surface area contributed by atoms with Gasteiger partial charge in [-0.2, -0.15) is 0 Å². The maximum atomic E-state index is 12.9. The van der Waals surface area contributed by atoms with E-state index >= 15 is 0 Å². The molecule has 0 bridgehead atoms. The molecular weight excluding hydrogens is 246 g/mol. The molecule has 64 valence electrons. The molecule has 0 aliphatic rings. The Balaban J connectivity index is 3.31. The number of rotatable bonds is 1. The van der Waals surface area contributed by atoms with E-state index in [1.165, 1.54) is 6.07 Å². The van der Waals surface area contributed by atoms with E-state index in [1.54, 1.807) is 6.92 Å². The van der Waals surface area contributed by atoms with E-state index in [9.17, 15) is 9.18 Å². The molecular formula is C8H5BrClFO. The van der Waals surface area contributed by atoms with Crippen LogP contribution in [0, 0.1) is 12.7 Å². The molecule has 0 heterocycles. The van der Waals surface area contributed by atoms with E-state index in [0.717, 1.165) is 6.07 Å². The van der Waals surface area contributed by atoms with Gasteiger partial charge in [0.05, 0.1) is 4.47 Å². The molecule has 1 nitrogen and oxygen atoms in total. The molecule has 0 aromatic heterocycles. The van der Waals surface area contributed by atoms with Gasteiger partial charge in [-0.1, -0.05) is 0 Å². The number of halogens is 3. The Labute approximate surface area is 82.7 Å². The van der Waals surface area contributed by atoms with E-state index in [0.29, 0.717) is 10.0 Å². The van der Waals surface area contributed by atoms with Gasteiger partial charge in [0, 0.05) is 5.56 Å². The molecule has 0 amide bonds. The van der Waals surface area contributed by atoms with Crippen LogP contribution in [0.5, 0.6) is 0 Å². The molecule has 0 aliphatic heterocycles. The molecule has 0 aliphatic carbocycles. The van der Waals surface area contributed by atoms with Crippen LogP contribution in [-0.4, -0.2) is 5.24 Å². The monoisotopic (exact) mass is 250 g/mol. The number of carbonyl (C=O) groups is 1. The summed E-state index contributed by atoms with van der Waals surface area (Å²) in [5.74, 6) is -0.473. The zero-order valence-electron chi connectivity index (χ0n) is 6.20. The summed E-state index contributed by atoms with van der Waals surface area (Å²) in [7, 11) is 0. The summed E-state index contributed by atoms with van der Waals surface area (Å²) in [5.41, 5.74) is 0.828. The molecule has 0 atom stereocenters. The third kappa shape index (κ3) is 1.84. The predicted octanol–water partition coefficient (Wildman–Crippen LogP) is 3.28. The number of carbonyl (C=O) groups excluding carboxylic acids is 1. The average Bonchev–Trinajstić information content (AvgIpc) is 1.99. The fourth-order valence-corrected chi connectivity index (χ4v) is 1.18. The predicted molar refractivity (Wildman–Crippen MR) is 49.0 cm³/mol. The van der Waals surface area contributed by atoms with Gasteiger partial charge in [0.25, 0.3) is 5.24 Å². The molecule has 4 heteroatoms. The highest BCUT2D eigenvalue weighted by molar-refractivity contribution is 9.10. The number of hydrogen-bond acceptors (Lipinski definition) is 1. The first-order chi connectivity index (χ1) is 5.52. The summed E-state index contributed by atoms with van der Waals surface area (Å²) >= 11 is 8.21. The van der Waals surface area contributed by atoms with Crippen LogP contribution in [-0.2, 0) is 0 Å². The molecule has 0 spiro atoms. The quantitative estimate of drug-likeness (QED) is 0.700. The van der Waals surface area contributed by atoms with Crippen molar-refractivity contribution in [3.05, 3.63) is 33.5 Å². The van der Waals surface area contributed by atoms with Gasteiger partial charge in [0.1, 0.15) is 5.82 Å². The molecule has 1 rings (SSSR count). The second-order valence-corrected chi connectivity index (χ2v) is 3.50. The largest absolute Gasteiger partial charge is 0.276 e. The molecule has 0 radical (unpaired) electrons. The van der Waals surface area contributed by atoms with Crippen molar-refractivity contribution < 1.29 is 9.18 Å². The summed E-state index contributed by atoms with van der Waals surface area (Å²) in [6.07, 6.45) is 0. The minimum atomic E-state index is -0.649.